The second-order valence-electron chi connectivity index (χ2n) is 4.76. The molecule has 0 saturated carbocycles. The molecule has 2 heterocycles. The van der Waals surface area contributed by atoms with Gasteiger partial charge in [-0.15, -0.1) is 0 Å². The zero-order valence-electron chi connectivity index (χ0n) is 11.4. The van der Waals surface area contributed by atoms with E-state index in [1.807, 2.05) is 6.92 Å². The summed E-state index contributed by atoms with van der Waals surface area (Å²) in [5.74, 6) is 0. The van der Waals surface area contributed by atoms with Crippen molar-refractivity contribution < 1.29 is 8.42 Å². The molecule has 6 nitrogen and oxygen atoms in total. The van der Waals surface area contributed by atoms with Crippen LogP contribution in [0.25, 0.3) is 0 Å². The van der Waals surface area contributed by atoms with Gasteiger partial charge >= 0.3 is 0 Å². The Morgan fingerprint density at radius 1 is 1.32 bits per heavy atom. The van der Waals surface area contributed by atoms with Crippen molar-refractivity contribution in [3.8, 4) is 0 Å². The molecular formula is C12H22N4O2S. The third-order valence-corrected chi connectivity index (χ3v) is 5.18. The Morgan fingerprint density at radius 2 is 2.05 bits per heavy atom. The number of aromatic nitrogens is 2. The summed E-state index contributed by atoms with van der Waals surface area (Å²) in [5.41, 5.74) is 0. The molecule has 108 valence electrons. The average Bonchev–Trinajstić information content (AvgIpc) is 2.90. The van der Waals surface area contributed by atoms with Crippen LogP contribution in [-0.4, -0.2) is 48.7 Å². The fourth-order valence-electron chi connectivity index (χ4n) is 2.22. The molecule has 2 rings (SSSR count). The Bertz CT molecular complexity index is 492. The molecule has 1 aromatic rings. The highest BCUT2D eigenvalue weighted by Crippen LogP contribution is 2.19. The Morgan fingerprint density at radius 3 is 2.74 bits per heavy atom. The van der Waals surface area contributed by atoms with E-state index in [2.05, 4.69) is 10.4 Å². The van der Waals surface area contributed by atoms with Crippen molar-refractivity contribution in [2.45, 2.75) is 37.6 Å². The van der Waals surface area contributed by atoms with Gasteiger partial charge in [0.15, 0.2) is 0 Å². The zero-order valence-corrected chi connectivity index (χ0v) is 12.2. The molecule has 1 aromatic heterocycles. The van der Waals surface area contributed by atoms with Crippen LogP contribution in [0, 0.1) is 0 Å². The normalized spacial score (nSPS) is 17.7. The minimum absolute atomic E-state index is 0.311. The Hall–Kier alpha value is -0.920. The van der Waals surface area contributed by atoms with Gasteiger partial charge in [0, 0.05) is 25.8 Å². The topological polar surface area (TPSA) is 67.2 Å². The van der Waals surface area contributed by atoms with Crippen molar-refractivity contribution in [3.05, 3.63) is 12.4 Å². The third kappa shape index (κ3) is 3.55. The van der Waals surface area contributed by atoms with Gasteiger partial charge < -0.3 is 5.32 Å². The molecule has 1 aliphatic heterocycles. The molecule has 7 heteroatoms. The van der Waals surface area contributed by atoms with E-state index >= 15 is 0 Å². The van der Waals surface area contributed by atoms with Crippen molar-refractivity contribution in [2.75, 3.05) is 26.2 Å². The molecule has 1 fully saturated rings. The molecule has 19 heavy (non-hydrogen) atoms. The summed E-state index contributed by atoms with van der Waals surface area (Å²) in [7, 11) is -3.34. The Kier molecular flexibility index (Phi) is 4.95. The second-order valence-corrected chi connectivity index (χ2v) is 6.70. The van der Waals surface area contributed by atoms with E-state index in [1.165, 1.54) is 6.20 Å². The standard InChI is InChI=1S/C12H22N4O2S/c1-2-13-6-9-15-11-12(10-14-15)19(17,18)16-7-4-3-5-8-16/h10-11,13H,2-9H2,1H3. The van der Waals surface area contributed by atoms with Crippen LogP contribution in [0.4, 0.5) is 0 Å². The maximum absolute atomic E-state index is 12.4. The number of hydrogen-bond acceptors (Lipinski definition) is 4. The number of rotatable bonds is 6. The van der Waals surface area contributed by atoms with E-state index in [9.17, 15) is 8.42 Å². The summed E-state index contributed by atoms with van der Waals surface area (Å²) < 4.78 is 28.0. The zero-order chi connectivity index (χ0) is 13.7. The van der Waals surface area contributed by atoms with E-state index in [4.69, 9.17) is 0 Å². The van der Waals surface area contributed by atoms with E-state index in [-0.39, 0.29) is 0 Å². The van der Waals surface area contributed by atoms with E-state index < -0.39 is 10.0 Å². The summed E-state index contributed by atoms with van der Waals surface area (Å²) in [6.45, 7) is 5.68. The van der Waals surface area contributed by atoms with E-state index in [0.717, 1.165) is 32.4 Å². The first-order chi connectivity index (χ1) is 9.14. The first-order valence-electron chi connectivity index (χ1n) is 6.88. The smallest absolute Gasteiger partial charge is 0.246 e. The van der Waals surface area contributed by atoms with Gasteiger partial charge in [-0.25, -0.2) is 8.42 Å². The molecule has 1 aliphatic rings. The van der Waals surface area contributed by atoms with Gasteiger partial charge in [0.1, 0.15) is 4.90 Å². The number of hydrogen-bond donors (Lipinski definition) is 1. The highest BCUT2D eigenvalue weighted by molar-refractivity contribution is 7.89. The first kappa shape index (κ1) is 14.5. The monoisotopic (exact) mass is 286 g/mol. The van der Waals surface area contributed by atoms with E-state index in [0.29, 0.717) is 24.5 Å². The second kappa shape index (κ2) is 6.49. The lowest BCUT2D eigenvalue weighted by molar-refractivity contribution is 0.346. The van der Waals surface area contributed by atoms with Gasteiger partial charge in [-0.05, 0) is 19.4 Å². The molecule has 1 saturated heterocycles. The van der Waals surface area contributed by atoms with Crippen LogP contribution in [0.2, 0.25) is 0 Å². The quantitative estimate of drug-likeness (QED) is 0.780. The largest absolute Gasteiger partial charge is 0.315 e. The summed E-state index contributed by atoms with van der Waals surface area (Å²) in [6, 6.07) is 0. The van der Waals surface area contributed by atoms with Crippen LogP contribution in [0.15, 0.2) is 17.3 Å². The van der Waals surface area contributed by atoms with Gasteiger partial charge in [0.2, 0.25) is 10.0 Å². The Labute approximate surface area is 114 Å². The van der Waals surface area contributed by atoms with E-state index in [1.54, 1.807) is 15.2 Å². The van der Waals surface area contributed by atoms with Gasteiger partial charge in [-0.2, -0.15) is 9.40 Å². The molecule has 0 radical (unpaired) electrons. The molecule has 1 N–H and O–H groups in total. The van der Waals surface area contributed by atoms with Crippen molar-refractivity contribution in [1.82, 2.24) is 19.4 Å². The fraction of sp³-hybridized carbons (Fsp3) is 0.750. The highest BCUT2D eigenvalue weighted by atomic mass is 32.2. The van der Waals surface area contributed by atoms with Crippen LogP contribution in [0.5, 0.6) is 0 Å². The van der Waals surface area contributed by atoms with Gasteiger partial charge in [-0.3, -0.25) is 4.68 Å². The lowest BCUT2D eigenvalue weighted by Gasteiger charge is -2.25. The van der Waals surface area contributed by atoms with Crippen LogP contribution in [-0.2, 0) is 16.6 Å². The fourth-order valence-corrected chi connectivity index (χ4v) is 3.70. The van der Waals surface area contributed by atoms with Crippen LogP contribution in [0.3, 0.4) is 0 Å². The minimum Gasteiger partial charge on any atom is -0.315 e. The Balaban J connectivity index is 2.03. The lowest BCUT2D eigenvalue weighted by atomic mass is 10.2. The number of piperidine rings is 1. The van der Waals surface area contributed by atoms with Gasteiger partial charge in [-0.1, -0.05) is 13.3 Å². The molecule has 0 aromatic carbocycles. The molecule has 0 amide bonds. The van der Waals surface area contributed by atoms with Crippen molar-refractivity contribution in [2.24, 2.45) is 0 Å². The molecule has 0 atom stereocenters. The minimum atomic E-state index is -3.34. The predicted octanol–water partition coefficient (Wildman–Crippen LogP) is 0.667. The maximum atomic E-state index is 12.4. The predicted molar refractivity (Wildman–Crippen MR) is 73.4 cm³/mol. The summed E-state index contributed by atoms with van der Waals surface area (Å²) in [4.78, 5) is 0.311. The van der Waals surface area contributed by atoms with Crippen molar-refractivity contribution >= 4 is 10.0 Å². The third-order valence-electron chi connectivity index (χ3n) is 3.33. The highest BCUT2D eigenvalue weighted by Gasteiger charge is 2.26. The molecule has 0 unspecified atom stereocenters. The van der Waals surface area contributed by atoms with Gasteiger partial charge in [0.25, 0.3) is 0 Å². The summed E-state index contributed by atoms with van der Waals surface area (Å²) in [6.07, 6.45) is 6.10. The average molecular weight is 286 g/mol. The first-order valence-corrected chi connectivity index (χ1v) is 8.32. The van der Waals surface area contributed by atoms with Crippen molar-refractivity contribution in [3.63, 3.8) is 0 Å². The lowest BCUT2D eigenvalue weighted by Crippen LogP contribution is -2.35. The number of nitrogens with one attached hydrogen (secondary N) is 1. The molecule has 0 bridgehead atoms. The molecule has 0 aliphatic carbocycles. The number of sulfonamides is 1. The molecular weight excluding hydrogens is 264 g/mol. The van der Waals surface area contributed by atoms with Crippen molar-refractivity contribution in [1.29, 1.82) is 0 Å². The number of nitrogens with zero attached hydrogens (tertiary/aromatic N) is 3. The van der Waals surface area contributed by atoms with Crippen LogP contribution in [0.1, 0.15) is 26.2 Å². The summed E-state index contributed by atoms with van der Waals surface area (Å²) >= 11 is 0. The van der Waals surface area contributed by atoms with Crippen LogP contribution < -0.4 is 5.32 Å². The summed E-state index contributed by atoms with van der Waals surface area (Å²) in [5, 5.41) is 7.31. The van der Waals surface area contributed by atoms with Gasteiger partial charge in [0.05, 0.1) is 12.7 Å². The number of likely N-dealkylation sites (N-methyl/N-ethyl adjacent to an activating group) is 1. The maximum Gasteiger partial charge on any atom is 0.246 e. The molecule has 0 spiro atoms. The SMILES string of the molecule is CCNCCn1cc(S(=O)(=O)N2CCCCC2)cn1. The van der Waals surface area contributed by atoms with Crippen LogP contribution >= 0.6 is 0 Å².